The number of unbranched alkanes of at least 4 members (excludes halogenated alkanes) is 10. The Kier molecular flexibility index (Phi) is 14.1. The van der Waals surface area contributed by atoms with E-state index in [1.165, 1.54) is 70.6 Å². The van der Waals surface area contributed by atoms with Crippen molar-refractivity contribution in [1.29, 1.82) is 0 Å². The molecule has 2 heteroatoms. The molecule has 0 N–H and O–H groups in total. The second kappa shape index (κ2) is 16.1. The molecule has 0 aromatic heterocycles. The van der Waals surface area contributed by atoms with Crippen LogP contribution in [0.4, 0.5) is 0 Å². The molecule has 0 spiro atoms. The van der Waals surface area contributed by atoms with E-state index in [-0.39, 0.29) is 6.10 Å². The molecule has 0 aliphatic carbocycles. The largest absolute Gasteiger partial charge is 0.378 e. The summed E-state index contributed by atoms with van der Waals surface area (Å²) in [6.45, 7) is 5.07. The lowest BCUT2D eigenvalue weighted by atomic mass is 9.98. The molecule has 0 saturated heterocycles. The van der Waals surface area contributed by atoms with E-state index >= 15 is 0 Å². The van der Waals surface area contributed by atoms with Crippen LogP contribution in [-0.4, -0.2) is 19.0 Å². The molecule has 1 aromatic rings. The van der Waals surface area contributed by atoms with E-state index in [1.807, 2.05) is 18.2 Å². The molecule has 0 heterocycles. The van der Waals surface area contributed by atoms with E-state index in [0.29, 0.717) is 0 Å². The van der Waals surface area contributed by atoms with E-state index in [9.17, 15) is 4.79 Å². The highest BCUT2D eigenvalue weighted by molar-refractivity contribution is 5.77. The summed E-state index contributed by atoms with van der Waals surface area (Å²) in [4.78, 5) is 11.2. The smallest absolute Gasteiger partial charge is 0.150 e. The maximum Gasteiger partial charge on any atom is 0.150 e. The Hall–Kier alpha value is -1.15. The predicted molar refractivity (Wildman–Crippen MR) is 112 cm³/mol. The van der Waals surface area contributed by atoms with Crippen LogP contribution in [0.5, 0.6) is 0 Å². The fraction of sp³-hybridized carbons (Fsp3) is 0.708. The third-order valence-electron chi connectivity index (χ3n) is 5.16. The molecule has 0 aliphatic rings. The average molecular weight is 361 g/mol. The monoisotopic (exact) mass is 360 g/mol. The van der Waals surface area contributed by atoms with Crippen LogP contribution in [0.25, 0.3) is 0 Å². The number of hydrogen-bond acceptors (Lipinski definition) is 2. The molecule has 26 heavy (non-hydrogen) atoms. The van der Waals surface area contributed by atoms with Gasteiger partial charge in [0, 0.05) is 12.2 Å². The summed E-state index contributed by atoms with van der Waals surface area (Å²) >= 11 is 0. The van der Waals surface area contributed by atoms with Gasteiger partial charge in [-0.15, -0.1) is 0 Å². The first-order chi connectivity index (χ1) is 12.8. The van der Waals surface area contributed by atoms with Crippen LogP contribution in [0.2, 0.25) is 0 Å². The van der Waals surface area contributed by atoms with Crippen LogP contribution in [0.15, 0.2) is 24.3 Å². The number of benzene rings is 1. The number of aldehydes is 1. The molecule has 1 rings (SSSR count). The van der Waals surface area contributed by atoms with E-state index in [4.69, 9.17) is 4.74 Å². The highest BCUT2D eigenvalue weighted by Gasteiger charge is 2.11. The van der Waals surface area contributed by atoms with Gasteiger partial charge in [-0.25, -0.2) is 0 Å². The van der Waals surface area contributed by atoms with E-state index in [2.05, 4.69) is 19.9 Å². The van der Waals surface area contributed by atoms with Gasteiger partial charge in [-0.2, -0.15) is 0 Å². The fourth-order valence-corrected chi connectivity index (χ4v) is 3.60. The lowest BCUT2D eigenvalue weighted by Crippen LogP contribution is -2.17. The van der Waals surface area contributed by atoms with Gasteiger partial charge in [-0.3, -0.25) is 4.79 Å². The van der Waals surface area contributed by atoms with Gasteiger partial charge in [0.15, 0.2) is 0 Å². The third-order valence-corrected chi connectivity index (χ3v) is 5.16. The summed E-state index contributed by atoms with van der Waals surface area (Å²) in [6.07, 6.45) is 18.2. The van der Waals surface area contributed by atoms with Crippen molar-refractivity contribution in [2.45, 2.75) is 103 Å². The van der Waals surface area contributed by atoms with Crippen molar-refractivity contribution in [3.05, 3.63) is 35.4 Å². The Morgan fingerprint density at radius 1 is 0.846 bits per heavy atom. The Morgan fingerprint density at radius 3 is 2.00 bits per heavy atom. The minimum atomic E-state index is 0.236. The zero-order chi connectivity index (χ0) is 18.9. The molecule has 1 unspecified atom stereocenters. The van der Waals surface area contributed by atoms with Gasteiger partial charge in [0.2, 0.25) is 0 Å². The molecule has 1 atom stereocenters. The third kappa shape index (κ3) is 10.8. The molecule has 0 aliphatic heterocycles. The van der Waals surface area contributed by atoms with Crippen molar-refractivity contribution in [3.8, 4) is 0 Å². The van der Waals surface area contributed by atoms with Gasteiger partial charge in [0.1, 0.15) is 6.29 Å². The Labute approximate surface area is 161 Å². The first-order valence-electron chi connectivity index (χ1n) is 11.0. The minimum Gasteiger partial charge on any atom is -0.378 e. The summed E-state index contributed by atoms with van der Waals surface area (Å²) < 4.78 is 5.92. The maximum atomic E-state index is 11.2. The molecule has 2 nitrogen and oxygen atoms in total. The molecular formula is C24H40O2. The quantitative estimate of drug-likeness (QED) is 0.218. The Balaban J connectivity index is 2.13. The standard InChI is InChI=1S/C24H40O2/c1-3-5-6-7-8-9-10-11-12-13-14-19-24(26-4-2)20-22-17-15-16-18-23(22)21-25/h15-18,21,24H,3-14,19-20H2,1-2H3. The molecule has 0 bridgehead atoms. The lowest BCUT2D eigenvalue weighted by Gasteiger charge is -2.18. The van der Waals surface area contributed by atoms with Gasteiger partial charge in [-0.05, 0) is 25.3 Å². The first kappa shape index (κ1) is 22.9. The van der Waals surface area contributed by atoms with Gasteiger partial charge in [-0.1, -0.05) is 102 Å². The van der Waals surface area contributed by atoms with Gasteiger partial charge >= 0.3 is 0 Å². The topological polar surface area (TPSA) is 26.3 Å². The molecular weight excluding hydrogens is 320 g/mol. The summed E-state index contributed by atoms with van der Waals surface area (Å²) in [5, 5.41) is 0. The normalized spacial score (nSPS) is 12.2. The number of rotatable bonds is 17. The molecule has 148 valence electrons. The number of carbonyl (C=O) groups excluding carboxylic acids is 1. The van der Waals surface area contributed by atoms with Crippen LogP contribution in [0.3, 0.4) is 0 Å². The van der Waals surface area contributed by atoms with Gasteiger partial charge in [0.25, 0.3) is 0 Å². The molecule has 0 radical (unpaired) electrons. The highest BCUT2D eigenvalue weighted by atomic mass is 16.5. The Bertz CT molecular complexity index is 455. The fourth-order valence-electron chi connectivity index (χ4n) is 3.60. The van der Waals surface area contributed by atoms with Crippen LogP contribution in [0, 0.1) is 0 Å². The summed E-state index contributed by atoms with van der Waals surface area (Å²) in [7, 11) is 0. The minimum absolute atomic E-state index is 0.236. The van der Waals surface area contributed by atoms with Crippen molar-refractivity contribution in [2.24, 2.45) is 0 Å². The number of hydrogen-bond donors (Lipinski definition) is 0. The number of ether oxygens (including phenoxy) is 1. The average Bonchev–Trinajstić information content (AvgIpc) is 2.66. The SMILES string of the molecule is CCCCCCCCCCCCCC(Cc1ccccc1C=O)OCC. The Morgan fingerprint density at radius 2 is 1.42 bits per heavy atom. The summed E-state index contributed by atoms with van der Waals surface area (Å²) in [6, 6.07) is 7.88. The van der Waals surface area contributed by atoms with Crippen molar-refractivity contribution in [3.63, 3.8) is 0 Å². The summed E-state index contributed by atoms with van der Waals surface area (Å²) in [5.74, 6) is 0. The van der Waals surface area contributed by atoms with Crippen molar-refractivity contribution < 1.29 is 9.53 Å². The van der Waals surface area contributed by atoms with Crippen LogP contribution < -0.4 is 0 Å². The first-order valence-corrected chi connectivity index (χ1v) is 11.0. The van der Waals surface area contributed by atoms with Crippen LogP contribution in [-0.2, 0) is 11.2 Å². The van der Waals surface area contributed by atoms with Crippen LogP contribution >= 0.6 is 0 Å². The second-order valence-electron chi connectivity index (χ2n) is 7.42. The highest BCUT2D eigenvalue weighted by Crippen LogP contribution is 2.17. The van der Waals surface area contributed by atoms with Gasteiger partial charge < -0.3 is 4.74 Å². The summed E-state index contributed by atoms with van der Waals surface area (Å²) in [5.41, 5.74) is 1.92. The second-order valence-corrected chi connectivity index (χ2v) is 7.42. The maximum absolute atomic E-state index is 11.2. The molecule has 0 amide bonds. The number of carbonyl (C=O) groups is 1. The predicted octanol–water partition coefficient (Wildman–Crippen LogP) is 7.15. The van der Waals surface area contributed by atoms with Gasteiger partial charge in [0.05, 0.1) is 6.10 Å². The van der Waals surface area contributed by atoms with Crippen LogP contribution in [0.1, 0.15) is 107 Å². The van der Waals surface area contributed by atoms with E-state index in [1.54, 1.807) is 0 Å². The van der Waals surface area contributed by atoms with E-state index < -0.39 is 0 Å². The molecule has 0 saturated carbocycles. The van der Waals surface area contributed by atoms with Crippen molar-refractivity contribution in [2.75, 3.05) is 6.61 Å². The zero-order valence-electron chi connectivity index (χ0n) is 17.2. The molecule has 1 aromatic carbocycles. The van der Waals surface area contributed by atoms with Crippen molar-refractivity contribution >= 4 is 6.29 Å². The zero-order valence-corrected chi connectivity index (χ0v) is 17.2. The molecule has 0 fully saturated rings. The van der Waals surface area contributed by atoms with E-state index in [0.717, 1.165) is 36.9 Å². The lowest BCUT2D eigenvalue weighted by molar-refractivity contribution is 0.0551. The van der Waals surface area contributed by atoms with Crippen molar-refractivity contribution in [1.82, 2.24) is 0 Å².